The predicted octanol–water partition coefficient (Wildman–Crippen LogP) is 3.74. The number of rotatable bonds is 17. The maximum atomic E-state index is 12.8. The van der Waals surface area contributed by atoms with E-state index >= 15 is 0 Å². The first-order valence-corrected chi connectivity index (χ1v) is 12.9. The number of carbonyl (C=O) groups excluding carboxylic acids is 5. The van der Waals surface area contributed by atoms with Gasteiger partial charge in [0.25, 0.3) is 0 Å². The SMILES string of the molecule is C=CC(=O)OCC(C)(COC(=O)C=C)NC(=O)Nc1ccc(NC(=O)NC(C)(COC(=O)C=C)COC(C=C)=CC)cc1. The quantitative estimate of drug-likeness (QED) is 0.0686. The minimum Gasteiger partial charge on any atom is -0.491 e. The zero-order chi connectivity index (χ0) is 32.5. The summed E-state index contributed by atoms with van der Waals surface area (Å²) in [5.41, 5.74) is -1.66. The first-order chi connectivity index (χ1) is 20.3. The van der Waals surface area contributed by atoms with E-state index < -0.39 is 41.0 Å². The molecule has 0 spiro atoms. The third kappa shape index (κ3) is 13.7. The lowest BCUT2D eigenvalue weighted by atomic mass is 10.1. The predicted molar refractivity (Wildman–Crippen MR) is 161 cm³/mol. The standard InChI is InChI=1S/C30H38N4O9/c1-8-23(9-2)40-17-29(6,18-41-24(35)10-3)33-27(38)31-21-13-15-22(16-14-21)32-28(39)34-30(7,19-42-25(36)11-4)20-43-26(37)12-5/h8-16H,1,3-5,17-20H2,2,6-7H3,(H2,31,33,38)(H2,32,34,39). The van der Waals surface area contributed by atoms with Gasteiger partial charge in [-0.05, 0) is 57.2 Å². The van der Waals surface area contributed by atoms with Gasteiger partial charge in [-0.25, -0.2) is 24.0 Å². The summed E-state index contributed by atoms with van der Waals surface area (Å²) in [4.78, 5) is 60.1. The molecule has 4 amide bonds. The van der Waals surface area contributed by atoms with Crippen molar-refractivity contribution in [3.8, 4) is 0 Å². The van der Waals surface area contributed by atoms with Gasteiger partial charge in [-0.15, -0.1) is 0 Å². The molecule has 13 heteroatoms. The van der Waals surface area contributed by atoms with E-state index in [4.69, 9.17) is 18.9 Å². The zero-order valence-corrected chi connectivity index (χ0v) is 24.5. The normalized spacial score (nSPS) is 12.2. The molecular weight excluding hydrogens is 560 g/mol. The monoisotopic (exact) mass is 598 g/mol. The van der Waals surface area contributed by atoms with Gasteiger partial charge in [-0.2, -0.15) is 0 Å². The van der Waals surface area contributed by atoms with Crippen LogP contribution in [0, 0.1) is 0 Å². The smallest absolute Gasteiger partial charge is 0.330 e. The maximum Gasteiger partial charge on any atom is 0.330 e. The molecule has 0 aliphatic heterocycles. The largest absolute Gasteiger partial charge is 0.491 e. The molecule has 43 heavy (non-hydrogen) atoms. The van der Waals surface area contributed by atoms with Crippen LogP contribution < -0.4 is 21.3 Å². The molecule has 0 saturated heterocycles. The van der Waals surface area contributed by atoms with Gasteiger partial charge < -0.3 is 40.2 Å². The molecule has 0 aliphatic carbocycles. The van der Waals surface area contributed by atoms with Crippen LogP contribution in [0.15, 0.2) is 86.7 Å². The van der Waals surface area contributed by atoms with Crippen molar-refractivity contribution in [2.75, 3.05) is 37.1 Å². The molecule has 1 rings (SSSR count). The molecule has 4 N–H and O–H groups in total. The lowest BCUT2D eigenvalue weighted by molar-refractivity contribution is -0.144. The fraction of sp³-hybridized carbons (Fsp3) is 0.300. The van der Waals surface area contributed by atoms with Crippen LogP contribution in [0.3, 0.4) is 0 Å². The van der Waals surface area contributed by atoms with Gasteiger partial charge in [0.1, 0.15) is 43.3 Å². The van der Waals surface area contributed by atoms with Crippen molar-refractivity contribution >= 4 is 41.3 Å². The van der Waals surface area contributed by atoms with Gasteiger partial charge >= 0.3 is 30.0 Å². The van der Waals surface area contributed by atoms with Crippen molar-refractivity contribution in [3.05, 3.63) is 86.7 Å². The number of hydrogen-bond acceptors (Lipinski definition) is 9. The van der Waals surface area contributed by atoms with Crippen molar-refractivity contribution in [1.29, 1.82) is 0 Å². The van der Waals surface area contributed by atoms with Gasteiger partial charge in [0.15, 0.2) is 0 Å². The summed E-state index contributed by atoms with van der Waals surface area (Å²) in [6.07, 6.45) is 6.12. The van der Waals surface area contributed by atoms with Crippen LogP contribution in [-0.4, -0.2) is 67.5 Å². The number of urea groups is 2. The van der Waals surface area contributed by atoms with E-state index in [1.165, 1.54) is 37.3 Å². The highest BCUT2D eigenvalue weighted by Gasteiger charge is 2.31. The lowest BCUT2D eigenvalue weighted by Crippen LogP contribution is -2.54. The van der Waals surface area contributed by atoms with Crippen LogP contribution in [0.25, 0.3) is 0 Å². The molecule has 232 valence electrons. The molecule has 0 radical (unpaired) electrons. The Morgan fingerprint density at radius 1 is 0.628 bits per heavy atom. The van der Waals surface area contributed by atoms with E-state index in [0.29, 0.717) is 17.1 Å². The van der Waals surface area contributed by atoms with Crippen LogP contribution in [0.5, 0.6) is 0 Å². The van der Waals surface area contributed by atoms with Crippen LogP contribution in [0.1, 0.15) is 20.8 Å². The number of esters is 3. The highest BCUT2D eigenvalue weighted by Crippen LogP contribution is 2.16. The molecule has 0 saturated carbocycles. The molecule has 0 aliphatic rings. The number of nitrogens with one attached hydrogen (secondary N) is 4. The summed E-state index contributed by atoms with van der Waals surface area (Å²) in [7, 11) is 0. The van der Waals surface area contributed by atoms with Gasteiger partial charge in [-0.1, -0.05) is 26.3 Å². The van der Waals surface area contributed by atoms with E-state index in [2.05, 4.69) is 47.6 Å². The molecule has 0 fully saturated rings. The summed E-state index contributed by atoms with van der Waals surface area (Å²) in [5.74, 6) is -1.63. The van der Waals surface area contributed by atoms with E-state index in [-0.39, 0.29) is 26.4 Å². The van der Waals surface area contributed by atoms with Crippen LogP contribution >= 0.6 is 0 Å². The van der Waals surface area contributed by atoms with E-state index in [1.54, 1.807) is 19.9 Å². The van der Waals surface area contributed by atoms with Crippen molar-refractivity contribution < 1.29 is 42.9 Å². The van der Waals surface area contributed by atoms with E-state index in [1.807, 2.05) is 0 Å². The Morgan fingerprint density at radius 3 is 1.23 bits per heavy atom. The highest BCUT2D eigenvalue weighted by atomic mass is 16.6. The number of anilines is 2. The molecule has 13 nitrogen and oxygen atoms in total. The van der Waals surface area contributed by atoms with Gasteiger partial charge in [0.05, 0.1) is 0 Å². The van der Waals surface area contributed by atoms with Crippen molar-refractivity contribution in [2.24, 2.45) is 0 Å². The highest BCUT2D eigenvalue weighted by molar-refractivity contribution is 5.92. The van der Waals surface area contributed by atoms with Crippen LogP contribution in [0.4, 0.5) is 21.0 Å². The topological polar surface area (TPSA) is 170 Å². The number of carbonyl (C=O) groups is 5. The maximum absolute atomic E-state index is 12.8. The van der Waals surface area contributed by atoms with Crippen LogP contribution in [-0.2, 0) is 33.3 Å². The summed E-state index contributed by atoms with van der Waals surface area (Å²) < 4.78 is 20.8. The van der Waals surface area contributed by atoms with Gasteiger partial charge in [-0.3, -0.25) is 0 Å². The molecule has 0 heterocycles. The Bertz CT molecular complexity index is 1220. The van der Waals surface area contributed by atoms with Crippen LogP contribution in [0.2, 0.25) is 0 Å². The molecular formula is C30H38N4O9. The third-order valence-corrected chi connectivity index (χ3v) is 5.37. The molecule has 0 aromatic heterocycles. The first kappa shape index (κ1) is 35.7. The first-order valence-electron chi connectivity index (χ1n) is 12.9. The molecule has 0 bridgehead atoms. The lowest BCUT2D eigenvalue weighted by Gasteiger charge is -2.30. The fourth-order valence-electron chi connectivity index (χ4n) is 3.11. The van der Waals surface area contributed by atoms with Crippen molar-refractivity contribution in [3.63, 3.8) is 0 Å². The number of hydrogen-bond donors (Lipinski definition) is 4. The van der Waals surface area contributed by atoms with Crippen molar-refractivity contribution in [2.45, 2.75) is 31.8 Å². The Morgan fingerprint density at radius 2 is 0.953 bits per heavy atom. The van der Waals surface area contributed by atoms with Crippen molar-refractivity contribution in [1.82, 2.24) is 10.6 Å². The van der Waals surface area contributed by atoms with Gasteiger partial charge in [0.2, 0.25) is 0 Å². The number of allylic oxidation sites excluding steroid dienone is 2. The Balaban J connectivity index is 2.86. The summed E-state index contributed by atoms with van der Waals surface area (Å²) >= 11 is 0. The molecule has 1 aromatic carbocycles. The Hall–Kier alpha value is -5.33. The Labute approximate surface area is 250 Å². The average molecular weight is 599 g/mol. The minimum atomic E-state index is -1.28. The third-order valence-electron chi connectivity index (χ3n) is 5.37. The second-order valence-corrected chi connectivity index (χ2v) is 9.48. The number of ether oxygens (including phenoxy) is 4. The molecule has 1 atom stereocenters. The minimum absolute atomic E-state index is 0.0347. The second-order valence-electron chi connectivity index (χ2n) is 9.48. The summed E-state index contributed by atoms with van der Waals surface area (Å²) in [6, 6.07) is 4.83. The average Bonchev–Trinajstić information content (AvgIpc) is 2.98. The van der Waals surface area contributed by atoms with E-state index in [9.17, 15) is 24.0 Å². The number of amides is 4. The fourth-order valence-corrected chi connectivity index (χ4v) is 3.11. The summed E-state index contributed by atoms with van der Waals surface area (Å²) in [5, 5.41) is 10.6. The van der Waals surface area contributed by atoms with Gasteiger partial charge in [0, 0.05) is 29.6 Å². The van der Waals surface area contributed by atoms with E-state index in [0.717, 1.165) is 18.2 Å². The zero-order valence-electron chi connectivity index (χ0n) is 24.5. The second kappa shape index (κ2) is 17.5. The number of benzene rings is 1. The molecule has 1 unspecified atom stereocenters. The molecule has 1 aromatic rings. The Kier molecular flexibility index (Phi) is 14.5. The summed E-state index contributed by atoms with van der Waals surface area (Å²) in [6.45, 7) is 17.7.